The Balaban J connectivity index is 2.38. The molecule has 1 N–H and O–H groups in total. The van der Waals surface area contributed by atoms with E-state index in [0.29, 0.717) is 18.8 Å². The van der Waals surface area contributed by atoms with Gasteiger partial charge in [0.2, 0.25) is 0 Å². The fourth-order valence-corrected chi connectivity index (χ4v) is 1.84. The van der Waals surface area contributed by atoms with Gasteiger partial charge in [-0.25, -0.2) is 0 Å². The molecule has 0 aliphatic rings. The lowest BCUT2D eigenvalue weighted by Crippen LogP contribution is -2.24. The van der Waals surface area contributed by atoms with Gasteiger partial charge in [-0.1, -0.05) is 0 Å². The SMILES string of the molecule is CSCCCNC(=O)c1ccc(CN(C)C)o1. The molecule has 0 bridgehead atoms. The molecule has 5 heteroatoms. The zero-order valence-electron chi connectivity index (χ0n) is 10.7. The molecule has 0 fully saturated rings. The molecule has 1 heterocycles. The smallest absolute Gasteiger partial charge is 0.286 e. The molecule has 96 valence electrons. The minimum Gasteiger partial charge on any atom is -0.455 e. The number of amides is 1. The van der Waals surface area contributed by atoms with Crippen molar-refractivity contribution in [3.8, 4) is 0 Å². The zero-order valence-corrected chi connectivity index (χ0v) is 11.5. The van der Waals surface area contributed by atoms with Crippen molar-refractivity contribution in [2.24, 2.45) is 0 Å². The monoisotopic (exact) mass is 256 g/mol. The molecule has 0 atom stereocenters. The third kappa shape index (κ3) is 5.28. The minimum absolute atomic E-state index is 0.129. The van der Waals surface area contributed by atoms with Crippen LogP contribution < -0.4 is 5.32 Å². The summed E-state index contributed by atoms with van der Waals surface area (Å²) in [5.74, 6) is 2.14. The van der Waals surface area contributed by atoms with Crippen LogP contribution in [0.1, 0.15) is 22.7 Å². The van der Waals surface area contributed by atoms with Crippen molar-refractivity contribution < 1.29 is 9.21 Å². The van der Waals surface area contributed by atoms with Gasteiger partial charge in [0.05, 0.1) is 6.54 Å². The van der Waals surface area contributed by atoms with Crippen molar-refractivity contribution in [3.05, 3.63) is 23.7 Å². The lowest BCUT2D eigenvalue weighted by atomic mass is 10.4. The summed E-state index contributed by atoms with van der Waals surface area (Å²) in [6.07, 6.45) is 3.04. The molecular weight excluding hydrogens is 236 g/mol. The highest BCUT2D eigenvalue weighted by Crippen LogP contribution is 2.09. The van der Waals surface area contributed by atoms with E-state index in [-0.39, 0.29) is 5.91 Å². The molecule has 17 heavy (non-hydrogen) atoms. The number of hydrogen-bond acceptors (Lipinski definition) is 4. The van der Waals surface area contributed by atoms with Crippen LogP contribution in [-0.2, 0) is 6.54 Å². The zero-order chi connectivity index (χ0) is 12.7. The second-order valence-corrected chi connectivity index (χ2v) is 5.09. The summed E-state index contributed by atoms with van der Waals surface area (Å²) in [6.45, 7) is 1.41. The topological polar surface area (TPSA) is 45.5 Å². The van der Waals surface area contributed by atoms with Crippen molar-refractivity contribution in [2.45, 2.75) is 13.0 Å². The van der Waals surface area contributed by atoms with Crippen LogP contribution in [0, 0.1) is 0 Å². The van der Waals surface area contributed by atoms with Crippen LogP contribution in [0.4, 0.5) is 0 Å². The quantitative estimate of drug-likeness (QED) is 0.756. The van der Waals surface area contributed by atoms with Gasteiger partial charge < -0.3 is 14.6 Å². The number of furan rings is 1. The van der Waals surface area contributed by atoms with Gasteiger partial charge in [0, 0.05) is 6.54 Å². The van der Waals surface area contributed by atoms with Crippen LogP contribution in [0.2, 0.25) is 0 Å². The molecule has 0 spiro atoms. The summed E-state index contributed by atoms with van der Waals surface area (Å²) in [5, 5.41) is 2.84. The number of hydrogen-bond donors (Lipinski definition) is 1. The Morgan fingerprint density at radius 3 is 2.88 bits per heavy atom. The highest BCUT2D eigenvalue weighted by atomic mass is 32.2. The molecule has 0 unspecified atom stereocenters. The maximum Gasteiger partial charge on any atom is 0.286 e. The third-order valence-corrected chi connectivity index (χ3v) is 2.87. The first-order valence-corrected chi connectivity index (χ1v) is 7.03. The van der Waals surface area contributed by atoms with Crippen LogP contribution >= 0.6 is 11.8 Å². The van der Waals surface area contributed by atoms with Crippen molar-refractivity contribution in [2.75, 3.05) is 32.6 Å². The number of nitrogens with one attached hydrogen (secondary N) is 1. The summed E-state index contributed by atoms with van der Waals surface area (Å²) in [4.78, 5) is 13.7. The Morgan fingerprint density at radius 2 is 2.24 bits per heavy atom. The van der Waals surface area contributed by atoms with Gasteiger partial charge in [0.25, 0.3) is 5.91 Å². The summed E-state index contributed by atoms with van der Waals surface area (Å²) in [6, 6.07) is 3.57. The molecule has 1 aromatic heterocycles. The maximum atomic E-state index is 11.7. The first kappa shape index (κ1) is 14.1. The van der Waals surface area contributed by atoms with Crippen LogP contribution in [0.5, 0.6) is 0 Å². The Morgan fingerprint density at radius 1 is 1.47 bits per heavy atom. The van der Waals surface area contributed by atoms with Crippen LogP contribution in [0.25, 0.3) is 0 Å². The van der Waals surface area contributed by atoms with Gasteiger partial charge >= 0.3 is 0 Å². The normalized spacial score (nSPS) is 10.8. The molecule has 0 aromatic carbocycles. The van der Waals surface area contributed by atoms with Gasteiger partial charge in [-0.3, -0.25) is 4.79 Å². The van der Waals surface area contributed by atoms with E-state index in [0.717, 1.165) is 17.9 Å². The number of nitrogens with zero attached hydrogens (tertiary/aromatic N) is 1. The van der Waals surface area contributed by atoms with Gasteiger partial charge in [0.1, 0.15) is 5.76 Å². The Bertz CT molecular complexity index is 350. The molecule has 1 amide bonds. The summed E-state index contributed by atoms with van der Waals surface area (Å²) in [7, 11) is 3.93. The molecule has 4 nitrogen and oxygen atoms in total. The fourth-order valence-electron chi connectivity index (χ4n) is 1.40. The molecule has 1 rings (SSSR count). The molecule has 0 saturated carbocycles. The number of thioether (sulfide) groups is 1. The van der Waals surface area contributed by atoms with Crippen LogP contribution in [0.15, 0.2) is 16.5 Å². The van der Waals surface area contributed by atoms with E-state index in [9.17, 15) is 4.79 Å². The highest BCUT2D eigenvalue weighted by Gasteiger charge is 2.10. The number of carbonyl (C=O) groups is 1. The molecule has 0 aliphatic heterocycles. The van der Waals surface area contributed by atoms with E-state index in [1.165, 1.54) is 0 Å². The lowest BCUT2D eigenvalue weighted by Gasteiger charge is -2.06. The summed E-state index contributed by atoms with van der Waals surface area (Å²) < 4.78 is 5.45. The number of rotatable bonds is 7. The first-order valence-electron chi connectivity index (χ1n) is 5.64. The average Bonchev–Trinajstić information content (AvgIpc) is 2.71. The van der Waals surface area contributed by atoms with E-state index in [4.69, 9.17) is 4.42 Å². The van der Waals surface area contributed by atoms with Gasteiger partial charge in [-0.15, -0.1) is 0 Å². The number of carbonyl (C=O) groups excluding carboxylic acids is 1. The molecular formula is C12H20N2O2S. The maximum absolute atomic E-state index is 11.7. The predicted molar refractivity (Wildman–Crippen MR) is 71.4 cm³/mol. The van der Waals surface area contributed by atoms with Crippen molar-refractivity contribution in [3.63, 3.8) is 0 Å². The van der Waals surface area contributed by atoms with Crippen molar-refractivity contribution in [1.29, 1.82) is 0 Å². The predicted octanol–water partition coefficient (Wildman–Crippen LogP) is 1.82. The molecule has 1 aromatic rings. The highest BCUT2D eigenvalue weighted by molar-refractivity contribution is 7.98. The Hall–Kier alpha value is -0.940. The van der Waals surface area contributed by atoms with Gasteiger partial charge in [0.15, 0.2) is 5.76 Å². The largest absolute Gasteiger partial charge is 0.455 e. The van der Waals surface area contributed by atoms with E-state index in [2.05, 4.69) is 11.6 Å². The summed E-state index contributed by atoms with van der Waals surface area (Å²) in [5.41, 5.74) is 0. The molecule has 0 saturated heterocycles. The standard InChI is InChI=1S/C12H20N2O2S/c1-14(2)9-10-5-6-11(16-10)12(15)13-7-4-8-17-3/h5-6H,4,7-9H2,1-3H3,(H,13,15). The van der Waals surface area contributed by atoms with Crippen molar-refractivity contribution >= 4 is 17.7 Å². The van der Waals surface area contributed by atoms with Crippen molar-refractivity contribution in [1.82, 2.24) is 10.2 Å². The summed E-state index contributed by atoms with van der Waals surface area (Å²) >= 11 is 1.78. The van der Waals surface area contributed by atoms with E-state index in [1.54, 1.807) is 17.8 Å². The second kappa shape index (κ2) is 7.40. The first-order chi connectivity index (χ1) is 8.13. The molecule has 0 radical (unpaired) electrons. The van der Waals surface area contributed by atoms with E-state index >= 15 is 0 Å². The van der Waals surface area contributed by atoms with Gasteiger partial charge in [-0.05, 0) is 44.7 Å². The van der Waals surface area contributed by atoms with E-state index in [1.807, 2.05) is 25.1 Å². The molecule has 0 aliphatic carbocycles. The average molecular weight is 256 g/mol. The third-order valence-electron chi connectivity index (χ3n) is 2.17. The second-order valence-electron chi connectivity index (χ2n) is 4.11. The van der Waals surface area contributed by atoms with E-state index < -0.39 is 0 Å². The fraction of sp³-hybridized carbons (Fsp3) is 0.583. The van der Waals surface area contributed by atoms with Crippen LogP contribution in [-0.4, -0.2) is 43.5 Å². The Kier molecular flexibility index (Phi) is 6.15. The minimum atomic E-state index is -0.129. The van der Waals surface area contributed by atoms with Gasteiger partial charge in [-0.2, -0.15) is 11.8 Å². The lowest BCUT2D eigenvalue weighted by molar-refractivity contribution is 0.0923. The Labute approximate surface area is 107 Å². The van der Waals surface area contributed by atoms with Crippen LogP contribution in [0.3, 0.4) is 0 Å².